The Morgan fingerprint density at radius 3 is 1.21 bits per heavy atom. The molecule has 0 saturated heterocycles. The molecular formula is C16H39N3O5. The van der Waals surface area contributed by atoms with Crippen molar-refractivity contribution in [1.29, 1.82) is 0 Å². The Hall–Kier alpha value is -1.41. The lowest BCUT2D eigenvalue weighted by Crippen LogP contribution is -3.12. The minimum absolute atomic E-state index is 0.972. The van der Waals surface area contributed by atoms with Gasteiger partial charge in [-0.1, -0.05) is 40.0 Å². The number of aliphatic carboxylic acids is 1. The van der Waals surface area contributed by atoms with Gasteiger partial charge in [-0.15, -0.1) is 0 Å². The van der Waals surface area contributed by atoms with Crippen molar-refractivity contribution < 1.29 is 25.6 Å². The van der Waals surface area contributed by atoms with Gasteiger partial charge in [-0.05, 0) is 33.1 Å². The van der Waals surface area contributed by atoms with E-state index in [9.17, 15) is 0 Å². The normalized spacial score (nSPS) is 8.79. The van der Waals surface area contributed by atoms with E-state index >= 15 is 0 Å². The molecule has 24 heavy (non-hydrogen) atoms. The minimum atomic E-state index is -1.75. The first-order valence-electron chi connectivity index (χ1n) is 8.85. The molecule has 0 radical (unpaired) electrons. The minimum Gasteiger partial charge on any atom is -0.550 e. The summed E-state index contributed by atoms with van der Waals surface area (Å²) in [7, 11) is 0. The van der Waals surface area contributed by atoms with Crippen LogP contribution in [-0.4, -0.2) is 37.2 Å². The number of nitrogens with one attached hydrogen (secondary N) is 1. The van der Waals surface area contributed by atoms with Crippen LogP contribution in [0.1, 0.15) is 73.1 Å². The van der Waals surface area contributed by atoms with Crippen molar-refractivity contribution in [2.45, 2.75) is 73.1 Å². The van der Waals surface area contributed by atoms with Gasteiger partial charge >= 0.3 is 0 Å². The molecule has 8 nitrogen and oxygen atoms in total. The number of carbonyl (C=O) groups excluding carboxylic acids is 1. The Bertz CT molecular complexity index is 215. The van der Waals surface area contributed by atoms with E-state index < -0.39 is 11.1 Å². The van der Waals surface area contributed by atoms with Gasteiger partial charge < -0.3 is 35.9 Å². The molecule has 0 aliphatic carbocycles. The van der Waals surface area contributed by atoms with E-state index in [1.165, 1.54) is 58.2 Å². The van der Waals surface area contributed by atoms with Crippen LogP contribution >= 0.6 is 0 Å². The quantitative estimate of drug-likeness (QED) is 0.445. The van der Waals surface area contributed by atoms with Crippen molar-refractivity contribution in [3.63, 3.8) is 0 Å². The summed E-state index contributed by atoms with van der Waals surface area (Å²) >= 11 is 0. The Morgan fingerprint density at radius 1 is 0.917 bits per heavy atom. The molecule has 0 heterocycles. The van der Waals surface area contributed by atoms with Crippen LogP contribution in [0.4, 0.5) is 0 Å². The van der Waals surface area contributed by atoms with Gasteiger partial charge in [0, 0.05) is 5.97 Å². The van der Waals surface area contributed by atoms with Crippen LogP contribution in [0.2, 0.25) is 0 Å². The highest BCUT2D eigenvalue weighted by Crippen LogP contribution is 1.85. The highest BCUT2D eigenvalue weighted by atomic mass is 16.9. The standard InChI is InChI=1S/C12H27N.C2H7N.C2H4O2.NO3/c1-4-7-10-13(11-8-5-2)12-9-6-3;1-2-3;1-2(3)4;2-1(3)4/h4-12H2,1-3H3;2-3H2,1H3;1H3,(H,3,4);/q;;;-1/p+1. The van der Waals surface area contributed by atoms with E-state index in [-0.39, 0.29) is 0 Å². The first kappa shape index (κ1) is 30.5. The molecule has 0 aromatic carbocycles. The Balaban J connectivity index is -0.000000149. The average molecular weight is 354 g/mol. The number of hydrogen-bond donors (Lipinski definition) is 2. The van der Waals surface area contributed by atoms with Crippen LogP contribution in [0, 0.1) is 15.3 Å². The zero-order valence-electron chi connectivity index (χ0n) is 16.3. The van der Waals surface area contributed by atoms with Gasteiger partial charge in [-0.2, -0.15) is 0 Å². The molecule has 148 valence electrons. The first-order valence-corrected chi connectivity index (χ1v) is 8.85. The second-order valence-electron chi connectivity index (χ2n) is 5.28. The van der Waals surface area contributed by atoms with Gasteiger partial charge in [0.15, 0.2) is 0 Å². The molecule has 0 aliphatic rings. The molecule has 0 fully saturated rings. The van der Waals surface area contributed by atoms with E-state index in [0.29, 0.717) is 0 Å². The molecule has 0 rings (SSSR count). The number of nitrogens with zero attached hydrogens (tertiary/aromatic N) is 1. The van der Waals surface area contributed by atoms with E-state index in [2.05, 4.69) is 26.5 Å². The Kier molecular flexibility index (Phi) is 37.6. The number of carbonyl (C=O) groups is 1. The molecule has 0 unspecified atom stereocenters. The van der Waals surface area contributed by atoms with Crippen LogP contribution < -0.4 is 15.7 Å². The number of unbranched alkanes of at least 4 members (excludes halogenated alkanes) is 3. The smallest absolute Gasteiger partial charge is 0.0770 e. The maximum absolute atomic E-state index is 8.89. The van der Waals surface area contributed by atoms with Crippen LogP contribution in [0.3, 0.4) is 0 Å². The summed E-state index contributed by atoms with van der Waals surface area (Å²) in [6, 6.07) is 0. The van der Waals surface area contributed by atoms with Gasteiger partial charge in [-0.3, -0.25) is 0 Å². The molecule has 0 atom stereocenters. The second kappa shape index (κ2) is 29.6. The van der Waals surface area contributed by atoms with Crippen molar-refractivity contribution in [3.05, 3.63) is 15.3 Å². The maximum atomic E-state index is 8.89. The third-order valence-corrected chi connectivity index (χ3v) is 2.65. The van der Waals surface area contributed by atoms with Gasteiger partial charge in [0.1, 0.15) is 0 Å². The summed E-state index contributed by atoms with van der Waals surface area (Å²) in [6.45, 7) is 15.1. The average Bonchev–Trinajstić information content (AvgIpc) is 2.46. The Morgan fingerprint density at radius 2 is 1.08 bits per heavy atom. The number of carboxylic acid groups (broad SMARTS) is 1. The van der Waals surface area contributed by atoms with Crippen molar-refractivity contribution in [2.24, 2.45) is 0 Å². The molecule has 0 saturated carbocycles. The third-order valence-electron chi connectivity index (χ3n) is 2.65. The predicted molar refractivity (Wildman–Crippen MR) is 94.8 cm³/mol. The zero-order chi connectivity index (χ0) is 19.8. The van der Waals surface area contributed by atoms with E-state index in [0.717, 1.165) is 13.5 Å². The molecular weight excluding hydrogens is 314 g/mol. The number of hydrogen-bond acceptors (Lipinski definition) is 5. The number of rotatable bonds is 9. The van der Waals surface area contributed by atoms with Crippen LogP contribution in [0.5, 0.6) is 0 Å². The summed E-state index contributed by atoms with van der Waals surface area (Å²) in [5, 5.41) is 23.6. The fraction of sp³-hybridized carbons (Fsp3) is 0.938. The Labute approximate surface area is 147 Å². The topological polar surface area (TPSA) is 138 Å². The van der Waals surface area contributed by atoms with Gasteiger partial charge in [0.25, 0.3) is 0 Å². The van der Waals surface area contributed by atoms with Crippen molar-refractivity contribution in [1.82, 2.24) is 0 Å². The third kappa shape index (κ3) is 70.5. The number of quaternary nitrogens is 2. The lowest BCUT2D eigenvalue weighted by atomic mass is 10.2. The summed E-state index contributed by atoms with van der Waals surface area (Å²) in [6.07, 6.45) is 8.26. The molecule has 8 heteroatoms. The van der Waals surface area contributed by atoms with Gasteiger partial charge in [0.05, 0.1) is 31.3 Å². The van der Waals surface area contributed by atoms with Crippen LogP contribution in [0.25, 0.3) is 0 Å². The SMILES string of the molecule is CC(=O)[O-].CCCC[NH+](CCCC)CCCC.CC[NH3+].O=[N+]([O-])[O-]. The highest BCUT2D eigenvalue weighted by Gasteiger charge is 2.05. The maximum Gasteiger partial charge on any atom is 0.0770 e. The molecule has 0 aliphatic heterocycles. The summed E-state index contributed by atoms with van der Waals surface area (Å²) in [4.78, 5) is 19.0. The largest absolute Gasteiger partial charge is 0.550 e. The van der Waals surface area contributed by atoms with E-state index in [1.54, 1.807) is 0 Å². The summed E-state index contributed by atoms with van der Waals surface area (Å²) < 4.78 is 0. The molecule has 0 aromatic heterocycles. The molecule has 0 aromatic rings. The monoisotopic (exact) mass is 353 g/mol. The van der Waals surface area contributed by atoms with E-state index in [1.807, 2.05) is 11.8 Å². The van der Waals surface area contributed by atoms with Crippen molar-refractivity contribution in [2.75, 3.05) is 26.2 Å². The van der Waals surface area contributed by atoms with Gasteiger partial charge in [-0.25, -0.2) is 0 Å². The van der Waals surface area contributed by atoms with Crippen LogP contribution in [0.15, 0.2) is 0 Å². The molecule has 4 N–H and O–H groups in total. The van der Waals surface area contributed by atoms with Crippen molar-refractivity contribution in [3.8, 4) is 0 Å². The van der Waals surface area contributed by atoms with E-state index in [4.69, 9.17) is 25.2 Å². The summed E-state index contributed by atoms with van der Waals surface area (Å²) in [5.74, 6) is -1.08. The van der Waals surface area contributed by atoms with Gasteiger partial charge in [0.2, 0.25) is 0 Å². The first-order chi connectivity index (χ1) is 11.2. The zero-order valence-corrected chi connectivity index (χ0v) is 16.3. The fourth-order valence-electron chi connectivity index (χ4n) is 1.66. The lowest BCUT2D eigenvalue weighted by molar-refractivity contribution is -0.900. The number of carboxylic acids is 1. The predicted octanol–water partition coefficient (Wildman–Crippen LogP) is 0.0369. The van der Waals surface area contributed by atoms with Crippen LogP contribution in [-0.2, 0) is 4.79 Å². The molecule has 0 spiro atoms. The highest BCUT2D eigenvalue weighted by molar-refractivity contribution is 5.60. The second-order valence-corrected chi connectivity index (χ2v) is 5.28. The molecule has 0 amide bonds. The lowest BCUT2D eigenvalue weighted by Gasteiger charge is -2.18. The summed E-state index contributed by atoms with van der Waals surface area (Å²) in [5.41, 5.74) is 3.49. The van der Waals surface area contributed by atoms with Crippen molar-refractivity contribution >= 4 is 5.97 Å². The fourth-order valence-corrected chi connectivity index (χ4v) is 1.66. The molecule has 0 bridgehead atoms.